The summed E-state index contributed by atoms with van der Waals surface area (Å²) in [6.45, 7) is 2.15. The lowest BCUT2D eigenvalue weighted by atomic mass is 10.0. The predicted molar refractivity (Wildman–Crippen MR) is 119 cm³/mol. The number of sulfonamides is 1. The number of piperazine rings is 1. The maximum absolute atomic E-state index is 13.4. The number of anilines is 1. The lowest BCUT2D eigenvalue weighted by molar-refractivity contribution is 0.0498. The van der Waals surface area contributed by atoms with Gasteiger partial charge in [-0.2, -0.15) is 0 Å². The van der Waals surface area contributed by atoms with E-state index in [0.29, 0.717) is 17.8 Å². The first-order chi connectivity index (χ1) is 14.4. The van der Waals surface area contributed by atoms with Crippen LogP contribution in [0.4, 0.5) is 5.69 Å². The van der Waals surface area contributed by atoms with Crippen LogP contribution in [0.3, 0.4) is 0 Å². The molecule has 0 saturated carbocycles. The number of likely N-dealkylation sites (N-methyl/N-ethyl adjacent to an activating group) is 1. The minimum Gasteiger partial charge on any atom is -0.329 e. The molecule has 0 radical (unpaired) electrons. The maximum atomic E-state index is 13.4. The van der Waals surface area contributed by atoms with Gasteiger partial charge >= 0.3 is 0 Å². The quantitative estimate of drug-likeness (QED) is 0.656. The summed E-state index contributed by atoms with van der Waals surface area (Å²) in [5.41, 5.74) is 1.93. The van der Waals surface area contributed by atoms with E-state index in [0.717, 1.165) is 30.0 Å². The van der Waals surface area contributed by atoms with Gasteiger partial charge in [-0.25, -0.2) is 8.42 Å². The summed E-state index contributed by atoms with van der Waals surface area (Å²) in [5.74, 6) is -0.103. The summed E-state index contributed by atoms with van der Waals surface area (Å²) in [6, 6.07) is 19.9. The highest BCUT2D eigenvalue weighted by atomic mass is 32.2. The molecule has 1 saturated heterocycles. The Balaban J connectivity index is 1.59. The molecule has 1 fully saturated rings. The second-order valence-electron chi connectivity index (χ2n) is 7.31. The monoisotopic (exact) mass is 441 g/mol. The Morgan fingerprint density at radius 1 is 1.03 bits per heavy atom. The van der Waals surface area contributed by atoms with Crippen molar-refractivity contribution in [3.8, 4) is 0 Å². The predicted octanol–water partition coefficient (Wildman–Crippen LogP) is 3.68. The Labute approximate surface area is 180 Å². The molecule has 1 atom stereocenters. The summed E-state index contributed by atoms with van der Waals surface area (Å²) in [6.07, 6.45) is 0. The van der Waals surface area contributed by atoms with Crippen molar-refractivity contribution in [2.45, 2.75) is 10.3 Å². The average Bonchev–Trinajstić information content (AvgIpc) is 3.30. The van der Waals surface area contributed by atoms with Crippen molar-refractivity contribution in [2.75, 3.05) is 31.4 Å². The highest BCUT2D eigenvalue weighted by Crippen LogP contribution is 2.28. The molecule has 1 unspecified atom stereocenters. The molecular weight excluding hydrogens is 418 g/mol. The zero-order chi connectivity index (χ0) is 21.1. The smallest absolute Gasteiger partial charge is 0.271 e. The number of nitrogens with zero attached hydrogens (tertiary/aromatic N) is 2. The SMILES string of the molecule is CN1CCN(C(=O)c2cccc(NS(=O)(=O)c3cccs3)c2)C(c2ccccc2)C1. The molecule has 2 heterocycles. The molecule has 0 bridgehead atoms. The van der Waals surface area contributed by atoms with Gasteiger partial charge in [0.25, 0.3) is 15.9 Å². The van der Waals surface area contributed by atoms with Crippen molar-refractivity contribution >= 4 is 33.0 Å². The first-order valence-corrected chi connectivity index (χ1v) is 12.0. The second kappa shape index (κ2) is 8.59. The standard InChI is InChI=1S/C22H23N3O3S2/c1-24-12-13-25(20(16-24)17-7-3-2-4-8-17)22(26)18-9-5-10-19(15-18)23-30(27,28)21-11-6-14-29-21/h2-11,14-15,20,23H,12-13,16H2,1H3. The molecule has 1 N–H and O–H groups in total. The summed E-state index contributed by atoms with van der Waals surface area (Å²) in [5, 5.41) is 1.71. The summed E-state index contributed by atoms with van der Waals surface area (Å²) >= 11 is 1.15. The third kappa shape index (κ3) is 4.40. The lowest BCUT2D eigenvalue weighted by Gasteiger charge is -2.40. The van der Waals surface area contributed by atoms with Crippen LogP contribution >= 0.6 is 11.3 Å². The number of benzene rings is 2. The van der Waals surface area contributed by atoms with Gasteiger partial charge in [0.15, 0.2) is 0 Å². The molecule has 1 aliphatic heterocycles. The third-order valence-electron chi connectivity index (χ3n) is 5.15. The largest absolute Gasteiger partial charge is 0.329 e. The van der Waals surface area contributed by atoms with Crippen LogP contribution in [-0.2, 0) is 10.0 Å². The van der Waals surface area contributed by atoms with Gasteiger partial charge in [0.1, 0.15) is 4.21 Å². The van der Waals surface area contributed by atoms with Crippen LogP contribution in [0, 0.1) is 0 Å². The van der Waals surface area contributed by atoms with E-state index in [9.17, 15) is 13.2 Å². The van der Waals surface area contributed by atoms with Crippen LogP contribution in [0.5, 0.6) is 0 Å². The van der Waals surface area contributed by atoms with Gasteiger partial charge in [0.05, 0.1) is 6.04 Å². The highest BCUT2D eigenvalue weighted by molar-refractivity contribution is 7.94. The number of thiophene rings is 1. The Bertz CT molecular complexity index is 1120. The van der Waals surface area contributed by atoms with Crippen LogP contribution in [0.2, 0.25) is 0 Å². The molecule has 1 aromatic heterocycles. The molecule has 1 aliphatic rings. The molecule has 30 heavy (non-hydrogen) atoms. The Morgan fingerprint density at radius 2 is 1.83 bits per heavy atom. The summed E-state index contributed by atoms with van der Waals surface area (Å²) in [4.78, 5) is 17.5. The number of amides is 1. The van der Waals surface area contributed by atoms with Crippen LogP contribution in [0.1, 0.15) is 22.0 Å². The van der Waals surface area contributed by atoms with E-state index in [1.807, 2.05) is 35.2 Å². The van der Waals surface area contributed by atoms with Crippen LogP contribution in [-0.4, -0.2) is 50.8 Å². The minimum absolute atomic E-state index is 0.0519. The molecule has 1 amide bonds. The van der Waals surface area contributed by atoms with Gasteiger partial charge < -0.3 is 9.80 Å². The van der Waals surface area contributed by atoms with Crippen LogP contribution in [0.25, 0.3) is 0 Å². The van der Waals surface area contributed by atoms with E-state index in [4.69, 9.17) is 0 Å². The van der Waals surface area contributed by atoms with Crippen molar-refractivity contribution in [1.82, 2.24) is 9.80 Å². The molecular formula is C22H23N3O3S2. The highest BCUT2D eigenvalue weighted by Gasteiger charge is 2.31. The van der Waals surface area contributed by atoms with E-state index in [1.54, 1.807) is 41.8 Å². The van der Waals surface area contributed by atoms with E-state index in [-0.39, 0.29) is 16.2 Å². The fourth-order valence-corrected chi connectivity index (χ4v) is 5.67. The Kier molecular flexibility index (Phi) is 5.90. The molecule has 2 aromatic carbocycles. The summed E-state index contributed by atoms with van der Waals surface area (Å²) in [7, 11) is -1.61. The first kappa shape index (κ1) is 20.6. The van der Waals surface area contributed by atoms with Crippen molar-refractivity contribution < 1.29 is 13.2 Å². The molecule has 156 valence electrons. The molecule has 4 rings (SSSR count). The number of hydrogen-bond donors (Lipinski definition) is 1. The fraction of sp³-hybridized carbons (Fsp3) is 0.227. The van der Waals surface area contributed by atoms with E-state index < -0.39 is 10.0 Å². The van der Waals surface area contributed by atoms with Gasteiger partial charge in [0.2, 0.25) is 0 Å². The number of nitrogens with one attached hydrogen (secondary N) is 1. The maximum Gasteiger partial charge on any atom is 0.271 e. The number of rotatable bonds is 5. The number of carbonyl (C=O) groups excluding carboxylic acids is 1. The van der Waals surface area contributed by atoms with Crippen molar-refractivity contribution in [2.24, 2.45) is 0 Å². The summed E-state index contributed by atoms with van der Waals surface area (Å²) < 4.78 is 27.8. The van der Waals surface area contributed by atoms with E-state index in [2.05, 4.69) is 16.7 Å². The molecule has 3 aromatic rings. The molecule has 8 heteroatoms. The van der Waals surface area contributed by atoms with E-state index in [1.165, 1.54) is 0 Å². The van der Waals surface area contributed by atoms with Crippen molar-refractivity contribution in [1.29, 1.82) is 0 Å². The Morgan fingerprint density at radius 3 is 2.57 bits per heavy atom. The van der Waals surface area contributed by atoms with Gasteiger partial charge in [-0.1, -0.05) is 42.5 Å². The molecule has 6 nitrogen and oxygen atoms in total. The van der Waals surface area contributed by atoms with Gasteiger partial charge in [-0.05, 0) is 42.3 Å². The topological polar surface area (TPSA) is 69.7 Å². The number of hydrogen-bond acceptors (Lipinski definition) is 5. The first-order valence-electron chi connectivity index (χ1n) is 9.65. The molecule has 0 aliphatic carbocycles. The fourth-order valence-electron chi connectivity index (χ4n) is 3.63. The second-order valence-corrected chi connectivity index (χ2v) is 10.2. The normalized spacial score (nSPS) is 17.6. The van der Waals surface area contributed by atoms with Crippen LogP contribution in [0.15, 0.2) is 76.3 Å². The van der Waals surface area contributed by atoms with Crippen molar-refractivity contribution in [3.05, 3.63) is 83.2 Å². The Hall–Kier alpha value is -2.68. The minimum atomic E-state index is -3.66. The molecule has 0 spiro atoms. The van der Waals surface area contributed by atoms with E-state index >= 15 is 0 Å². The van der Waals surface area contributed by atoms with Crippen LogP contribution < -0.4 is 4.72 Å². The van der Waals surface area contributed by atoms with Gasteiger partial charge in [-0.15, -0.1) is 11.3 Å². The van der Waals surface area contributed by atoms with Gasteiger partial charge in [0, 0.05) is 30.9 Å². The average molecular weight is 442 g/mol. The zero-order valence-electron chi connectivity index (χ0n) is 16.6. The van der Waals surface area contributed by atoms with Gasteiger partial charge in [-0.3, -0.25) is 9.52 Å². The zero-order valence-corrected chi connectivity index (χ0v) is 18.2. The number of carbonyl (C=O) groups is 1. The lowest BCUT2D eigenvalue weighted by Crippen LogP contribution is -2.49. The van der Waals surface area contributed by atoms with Crippen molar-refractivity contribution in [3.63, 3.8) is 0 Å². The third-order valence-corrected chi connectivity index (χ3v) is 7.93.